The van der Waals surface area contributed by atoms with Crippen LogP contribution in [0, 0.1) is 0 Å². The Bertz CT molecular complexity index is 666. The van der Waals surface area contributed by atoms with Crippen molar-refractivity contribution in [3.63, 3.8) is 0 Å². The molecule has 1 N–H and O–H groups in total. The number of hydrogen-bond acceptors (Lipinski definition) is 2. The second kappa shape index (κ2) is 8.54. The second-order valence-corrected chi connectivity index (χ2v) is 5.15. The number of hydrogen-bond donors (Lipinski definition) is 1. The summed E-state index contributed by atoms with van der Waals surface area (Å²) < 4.78 is 0. The minimum absolute atomic E-state index is 0.299. The van der Waals surface area contributed by atoms with E-state index in [0.717, 1.165) is 29.7 Å². The number of nitrogens with zero attached hydrogens (tertiary/aromatic N) is 1. The number of carboxylic acids is 1. The highest BCUT2D eigenvalue weighted by Crippen LogP contribution is 2.08. The lowest BCUT2D eigenvalue weighted by molar-refractivity contribution is -0.132. The summed E-state index contributed by atoms with van der Waals surface area (Å²) in [5.41, 5.74) is 2.15. The lowest BCUT2D eigenvalue weighted by Crippen LogP contribution is -2.31. The highest BCUT2D eigenvalue weighted by molar-refractivity contribution is 5.93. The van der Waals surface area contributed by atoms with Crippen LogP contribution in [0.1, 0.15) is 11.1 Å². The van der Waals surface area contributed by atoms with Gasteiger partial charge in [0.25, 0.3) is 0 Å². The molecule has 4 heteroatoms. The first-order valence-electron chi connectivity index (χ1n) is 7.43. The predicted molar refractivity (Wildman–Crippen MR) is 88.8 cm³/mol. The van der Waals surface area contributed by atoms with E-state index in [4.69, 9.17) is 5.11 Å². The van der Waals surface area contributed by atoms with Gasteiger partial charge in [-0.1, -0.05) is 60.7 Å². The molecule has 2 rings (SSSR count). The molecule has 0 aliphatic carbocycles. The third-order valence-electron chi connectivity index (χ3n) is 3.41. The van der Waals surface area contributed by atoms with Gasteiger partial charge in [0.2, 0.25) is 5.91 Å². The number of benzene rings is 2. The van der Waals surface area contributed by atoms with Crippen LogP contribution in [0.3, 0.4) is 0 Å². The molecule has 0 atom stereocenters. The summed E-state index contributed by atoms with van der Waals surface area (Å²) in [4.78, 5) is 24.5. The number of rotatable bonds is 7. The fraction of sp³-hybridized carbons (Fsp3) is 0.158. The lowest BCUT2D eigenvalue weighted by atomic mass is 10.1. The third-order valence-corrected chi connectivity index (χ3v) is 3.41. The molecule has 0 aliphatic rings. The van der Waals surface area contributed by atoms with Crippen molar-refractivity contribution in [1.29, 1.82) is 0 Å². The van der Waals surface area contributed by atoms with Crippen LogP contribution in [0.2, 0.25) is 0 Å². The summed E-state index contributed by atoms with van der Waals surface area (Å²) >= 11 is 0. The molecule has 0 fully saturated rings. The van der Waals surface area contributed by atoms with Crippen LogP contribution in [-0.4, -0.2) is 28.4 Å². The molecule has 1 amide bonds. The standard InChI is InChI=1S/C19H19NO3/c21-18(11-12-19(22)23)20(15-17-9-5-2-6-10-17)14-13-16-7-3-1-4-8-16/h1-12H,13-15H2,(H,22,23). The van der Waals surface area contributed by atoms with Gasteiger partial charge < -0.3 is 10.0 Å². The number of carboxylic acid groups (broad SMARTS) is 1. The summed E-state index contributed by atoms with van der Waals surface area (Å²) in [6, 6.07) is 19.6. The molecule has 0 aromatic heterocycles. The number of carbonyl (C=O) groups excluding carboxylic acids is 1. The minimum atomic E-state index is -1.12. The van der Waals surface area contributed by atoms with Gasteiger partial charge in [0, 0.05) is 25.2 Å². The molecule has 0 heterocycles. The van der Waals surface area contributed by atoms with Gasteiger partial charge in [0.1, 0.15) is 0 Å². The highest BCUT2D eigenvalue weighted by atomic mass is 16.4. The molecule has 0 saturated heterocycles. The zero-order valence-corrected chi connectivity index (χ0v) is 12.8. The van der Waals surface area contributed by atoms with Crippen LogP contribution >= 0.6 is 0 Å². The van der Waals surface area contributed by atoms with Gasteiger partial charge in [-0.05, 0) is 17.5 Å². The van der Waals surface area contributed by atoms with Crippen molar-refractivity contribution >= 4 is 11.9 Å². The minimum Gasteiger partial charge on any atom is -0.478 e. The Labute approximate surface area is 135 Å². The molecule has 0 aliphatic heterocycles. The van der Waals surface area contributed by atoms with Crippen LogP contribution in [0.25, 0.3) is 0 Å². The summed E-state index contributed by atoms with van der Waals surface area (Å²) in [5, 5.41) is 8.68. The van der Waals surface area contributed by atoms with Crippen molar-refractivity contribution in [1.82, 2.24) is 4.90 Å². The molecule has 0 saturated carbocycles. The average Bonchev–Trinajstić information content (AvgIpc) is 2.58. The second-order valence-electron chi connectivity index (χ2n) is 5.15. The van der Waals surface area contributed by atoms with Gasteiger partial charge in [-0.25, -0.2) is 4.79 Å². The van der Waals surface area contributed by atoms with E-state index in [1.807, 2.05) is 60.7 Å². The smallest absolute Gasteiger partial charge is 0.328 e. The number of carbonyl (C=O) groups is 2. The fourth-order valence-corrected chi connectivity index (χ4v) is 2.23. The summed E-state index contributed by atoms with van der Waals surface area (Å²) in [7, 11) is 0. The van der Waals surface area contributed by atoms with Crippen LogP contribution in [0.15, 0.2) is 72.8 Å². The van der Waals surface area contributed by atoms with E-state index in [0.29, 0.717) is 13.1 Å². The number of amides is 1. The van der Waals surface area contributed by atoms with Crippen LogP contribution in [0.4, 0.5) is 0 Å². The molecule has 4 nitrogen and oxygen atoms in total. The summed E-state index contributed by atoms with van der Waals surface area (Å²) in [6.45, 7) is 0.984. The first-order valence-corrected chi connectivity index (χ1v) is 7.43. The van der Waals surface area contributed by atoms with Crippen molar-refractivity contribution in [2.75, 3.05) is 6.54 Å². The van der Waals surface area contributed by atoms with Gasteiger partial charge in [-0.2, -0.15) is 0 Å². The first-order chi connectivity index (χ1) is 11.1. The highest BCUT2D eigenvalue weighted by Gasteiger charge is 2.12. The lowest BCUT2D eigenvalue weighted by Gasteiger charge is -2.21. The maximum absolute atomic E-state index is 12.2. The molecule has 23 heavy (non-hydrogen) atoms. The Morgan fingerprint density at radius 2 is 1.43 bits per heavy atom. The Morgan fingerprint density at radius 1 is 0.870 bits per heavy atom. The average molecular weight is 309 g/mol. The Morgan fingerprint density at radius 3 is 2.00 bits per heavy atom. The van der Waals surface area contributed by atoms with Gasteiger partial charge in [0.15, 0.2) is 0 Å². The van der Waals surface area contributed by atoms with E-state index in [2.05, 4.69) is 0 Å². The Balaban J connectivity index is 2.07. The third kappa shape index (κ3) is 5.79. The monoisotopic (exact) mass is 309 g/mol. The molecule has 2 aromatic carbocycles. The Kier molecular flexibility index (Phi) is 6.12. The zero-order valence-electron chi connectivity index (χ0n) is 12.8. The maximum Gasteiger partial charge on any atom is 0.328 e. The first kappa shape index (κ1) is 16.5. The summed E-state index contributed by atoms with van der Waals surface area (Å²) in [6.07, 6.45) is 2.71. The van der Waals surface area contributed by atoms with E-state index in [1.165, 1.54) is 0 Å². The van der Waals surface area contributed by atoms with E-state index >= 15 is 0 Å². The summed E-state index contributed by atoms with van der Waals surface area (Å²) in [5.74, 6) is -1.42. The molecular weight excluding hydrogens is 290 g/mol. The van der Waals surface area contributed by atoms with Gasteiger partial charge in [-0.15, -0.1) is 0 Å². The van der Waals surface area contributed by atoms with Crippen molar-refractivity contribution in [3.8, 4) is 0 Å². The van der Waals surface area contributed by atoms with Crippen molar-refractivity contribution in [3.05, 3.63) is 83.9 Å². The van der Waals surface area contributed by atoms with E-state index in [9.17, 15) is 9.59 Å². The largest absolute Gasteiger partial charge is 0.478 e. The van der Waals surface area contributed by atoms with Gasteiger partial charge in [-0.3, -0.25) is 4.79 Å². The quantitative estimate of drug-likeness (QED) is 0.800. The topological polar surface area (TPSA) is 57.6 Å². The van der Waals surface area contributed by atoms with E-state index in [-0.39, 0.29) is 5.91 Å². The molecular formula is C19H19NO3. The van der Waals surface area contributed by atoms with E-state index < -0.39 is 5.97 Å². The normalized spacial score (nSPS) is 10.6. The van der Waals surface area contributed by atoms with Gasteiger partial charge >= 0.3 is 5.97 Å². The van der Waals surface area contributed by atoms with Crippen molar-refractivity contribution in [2.45, 2.75) is 13.0 Å². The molecule has 0 radical (unpaired) electrons. The predicted octanol–water partition coefficient (Wildman–Crippen LogP) is 2.90. The maximum atomic E-state index is 12.2. The molecule has 0 unspecified atom stereocenters. The molecule has 0 spiro atoms. The van der Waals surface area contributed by atoms with Crippen LogP contribution in [0.5, 0.6) is 0 Å². The van der Waals surface area contributed by atoms with Gasteiger partial charge in [0.05, 0.1) is 0 Å². The molecule has 118 valence electrons. The molecule has 2 aromatic rings. The van der Waals surface area contributed by atoms with Crippen molar-refractivity contribution < 1.29 is 14.7 Å². The molecule has 0 bridgehead atoms. The van der Waals surface area contributed by atoms with Crippen LogP contribution in [-0.2, 0) is 22.6 Å². The van der Waals surface area contributed by atoms with E-state index in [1.54, 1.807) is 4.90 Å². The number of aliphatic carboxylic acids is 1. The fourth-order valence-electron chi connectivity index (χ4n) is 2.23. The SMILES string of the molecule is O=C(O)C=CC(=O)N(CCc1ccccc1)Cc1ccccc1. The van der Waals surface area contributed by atoms with Crippen molar-refractivity contribution in [2.24, 2.45) is 0 Å². The van der Waals surface area contributed by atoms with Crippen LogP contribution < -0.4 is 0 Å². The zero-order chi connectivity index (χ0) is 16.5. The Hall–Kier alpha value is -2.88.